The highest BCUT2D eigenvalue weighted by molar-refractivity contribution is 6.03. The number of allylic oxidation sites excluding steroid dienone is 1. The molecule has 0 amide bonds. The van der Waals surface area contributed by atoms with E-state index in [1.165, 1.54) is 25.2 Å². The molecule has 12 heteroatoms. The van der Waals surface area contributed by atoms with Gasteiger partial charge in [0.1, 0.15) is 30.4 Å². The van der Waals surface area contributed by atoms with Crippen molar-refractivity contribution < 1.29 is 40.1 Å². The number of rotatable bonds is 24. The van der Waals surface area contributed by atoms with Gasteiger partial charge in [-0.05, 0) is 111 Å². The van der Waals surface area contributed by atoms with Crippen molar-refractivity contribution in [3.63, 3.8) is 0 Å². The fourth-order valence-electron chi connectivity index (χ4n) is 11.0. The fourth-order valence-corrected chi connectivity index (χ4v) is 11.0. The van der Waals surface area contributed by atoms with E-state index in [-0.39, 0.29) is 55.6 Å². The second-order valence-electron chi connectivity index (χ2n) is 19.1. The highest BCUT2D eigenvalue weighted by atomic mass is 16.5. The molecule has 0 aromatic heterocycles. The van der Waals surface area contributed by atoms with Crippen LogP contribution in [0.4, 0.5) is 0 Å². The van der Waals surface area contributed by atoms with Gasteiger partial charge in [0, 0.05) is 50.5 Å². The van der Waals surface area contributed by atoms with Crippen molar-refractivity contribution in [2.24, 2.45) is 34.4 Å². The quantitative estimate of drug-likeness (QED) is 0.0360. The summed E-state index contributed by atoms with van der Waals surface area (Å²) in [6, 6.07) is 11.2. The molecule has 0 bridgehead atoms. The molecule has 0 spiro atoms. The number of aliphatic hydroxyl groups excluding tert-OH is 5. The first-order valence-electron chi connectivity index (χ1n) is 24.1. The molecular formula is C52H75N4O8+. The van der Waals surface area contributed by atoms with Gasteiger partial charge in [0.25, 0.3) is 0 Å². The van der Waals surface area contributed by atoms with E-state index in [1.807, 2.05) is 56.5 Å². The predicted molar refractivity (Wildman–Crippen MR) is 252 cm³/mol. The van der Waals surface area contributed by atoms with E-state index in [0.29, 0.717) is 42.7 Å². The smallest absolute Gasteiger partial charge is 0.208 e. The molecule has 2 aromatic rings. The lowest BCUT2D eigenvalue weighted by atomic mass is 9.72. The Morgan fingerprint density at radius 1 is 1.02 bits per heavy atom. The Morgan fingerprint density at radius 3 is 2.64 bits per heavy atom. The Hall–Kier alpha value is -3.69. The topological polar surface area (TPSA) is 206 Å². The monoisotopic (exact) mass is 884 g/mol. The van der Waals surface area contributed by atoms with Crippen LogP contribution in [-0.2, 0) is 13.0 Å². The van der Waals surface area contributed by atoms with Crippen molar-refractivity contribution in [1.29, 1.82) is 0 Å². The summed E-state index contributed by atoms with van der Waals surface area (Å²) in [5, 5.41) is 69.8. The van der Waals surface area contributed by atoms with Gasteiger partial charge in [0.15, 0.2) is 17.6 Å². The predicted octanol–water partition coefficient (Wildman–Crippen LogP) is 5.65. The van der Waals surface area contributed by atoms with Crippen LogP contribution in [0.3, 0.4) is 0 Å². The van der Waals surface area contributed by atoms with Crippen LogP contribution in [0, 0.1) is 35.7 Å². The van der Waals surface area contributed by atoms with Crippen LogP contribution in [0.15, 0.2) is 70.9 Å². The van der Waals surface area contributed by atoms with Crippen molar-refractivity contribution in [2.45, 2.75) is 140 Å². The summed E-state index contributed by atoms with van der Waals surface area (Å²) in [5.41, 5.74) is 12.8. The molecule has 7 rings (SSSR count). The van der Waals surface area contributed by atoms with Gasteiger partial charge in [-0.25, -0.2) is 0 Å². The van der Waals surface area contributed by atoms with E-state index in [4.69, 9.17) is 20.2 Å². The number of nitrogens with zero attached hydrogens (tertiary/aromatic N) is 1. The lowest BCUT2D eigenvalue weighted by molar-refractivity contribution is -0.0552. The van der Waals surface area contributed by atoms with E-state index < -0.39 is 18.3 Å². The highest BCUT2D eigenvalue weighted by Gasteiger charge is 2.52. The van der Waals surface area contributed by atoms with Gasteiger partial charge in [-0.2, -0.15) is 0 Å². The molecular weight excluding hydrogens is 809 g/mol. The molecule has 350 valence electrons. The Bertz CT molecular complexity index is 1950. The van der Waals surface area contributed by atoms with Crippen LogP contribution in [-0.4, -0.2) is 105 Å². The number of hydrogen-bond acceptors (Lipinski definition) is 11. The average Bonchev–Trinajstić information content (AvgIpc) is 4.03. The third-order valence-corrected chi connectivity index (χ3v) is 14.4. The van der Waals surface area contributed by atoms with E-state index in [9.17, 15) is 30.6 Å². The Balaban J connectivity index is 0.836. The Kier molecular flexibility index (Phi) is 17.5. The molecule has 10 atom stereocenters. The minimum Gasteiger partial charge on any atom is -0.504 e. The highest BCUT2D eigenvalue weighted by Crippen LogP contribution is 2.50. The van der Waals surface area contributed by atoms with Gasteiger partial charge in [0.2, 0.25) is 5.70 Å². The summed E-state index contributed by atoms with van der Waals surface area (Å²) < 4.78 is 11.1. The number of hydrogen-bond donors (Lipinski definition) is 9. The molecule has 3 aliphatic carbocycles. The number of aryl methyl sites for hydroxylation is 1. The molecule has 2 aromatic carbocycles. The number of unbranched alkanes of at least 4 members (excludes halogenated alkanes) is 3. The van der Waals surface area contributed by atoms with Crippen molar-refractivity contribution in [1.82, 2.24) is 10.6 Å². The fraction of sp³-hybridized carbons (Fsp3) is 0.596. The number of fused-ring (bicyclic) bond motifs is 3. The first-order chi connectivity index (χ1) is 31.0. The van der Waals surface area contributed by atoms with Gasteiger partial charge in [-0.1, -0.05) is 62.5 Å². The minimum atomic E-state index is -0.964. The lowest BCUT2D eigenvalue weighted by Gasteiger charge is -2.33. The maximum absolute atomic E-state index is 11.4. The van der Waals surface area contributed by atoms with Crippen molar-refractivity contribution >= 4 is 11.8 Å². The number of aromatic hydroxyl groups is 1. The second kappa shape index (κ2) is 23.2. The first kappa shape index (κ1) is 48.2. The van der Waals surface area contributed by atoms with Crippen LogP contribution in [0.25, 0.3) is 6.08 Å². The third-order valence-electron chi connectivity index (χ3n) is 14.4. The summed E-state index contributed by atoms with van der Waals surface area (Å²) in [4.78, 5) is 4.99. The number of phenols is 1. The normalized spacial score (nSPS) is 25.8. The molecule has 2 saturated carbocycles. The zero-order valence-electron chi connectivity index (χ0n) is 38.0. The van der Waals surface area contributed by atoms with Crippen LogP contribution in [0.2, 0.25) is 0 Å². The number of aliphatic imine (C=N–C) groups is 1. The SMILES string of the molecule is CNC[C@H](NC[C@H](C)O)[C@@H]1[C+]2C=C([C@@H](O)COc3cc(CC[C-]4C=C(CO)C(CCCCCC[C@H](N)C[C@@H]5C=Cc6cc(CO)ccc6[C@H]5O)[OH+]4)ccc3O)N=C2CC[C@H]2CCC[C@@H]21. The molecule has 11 N–H and O–H groups in total. The van der Waals surface area contributed by atoms with Crippen LogP contribution in [0.1, 0.15) is 119 Å². The molecule has 64 heavy (non-hydrogen) atoms. The summed E-state index contributed by atoms with van der Waals surface area (Å²) in [5.74, 6) is 2.93. The van der Waals surface area contributed by atoms with E-state index in [2.05, 4.69) is 22.8 Å². The molecule has 0 saturated heterocycles. The molecule has 2 fully saturated rings. The number of ether oxygens (including phenoxy) is 2. The number of nitrogens with two attached hydrogens (primary N) is 1. The summed E-state index contributed by atoms with van der Waals surface area (Å²) >= 11 is 0. The maximum Gasteiger partial charge on any atom is 0.208 e. The Morgan fingerprint density at radius 2 is 1.84 bits per heavy atom. The zero-order chi connectivity index (χ0) is 45.2. The molecule has 0 radical (unpaired) electrons. The summed E-state index contributed by atoms with van der Waals surface area (Å²) in [6.07, 6.45) is 20.9. The Labute approximate surface area is 380 Å². The first-order valence-corrected chi connectivity index (χ1v) is 24.1. The molecule has 2 heterocycles. The minimum absolute atomic E-state index is 0.00985. The van der Waals surface area contributed by atoms with Crippen molar-refractivity contribution in [3.05, 3.63) is 100 Å². The van der Waals surface area contributed by atoms with Gasteiger partial charge in [0.05, 0.1) is 30.8 Å². The molecule has 12 nitrogen and oxygen atoms in total. The number of nitrogens with one attached hydrogen (secondary N) is 2. The summed E-state index contributed by atoms with van der Waals surface area (Å²) in [7, 11) is 1.97. The second-order valence-corrected chi connectivity index (χ2v) is 19.1. The number of benzene rings is 2. The molecule has 1 unspecified atom stereocenters. The largest absolute Gasteiger partial charge is 0.504 e. The number of likely N-dealkylation sites (N-methyl/N-ethyl adjacent to an activating group) is 1. The van der Waals surface area contributed by atoms with Crippen molar-refractivity contribution in [3.8, 4) is 11.5 Å². The van der Waals surface area contributed by atoms with E-state index >= 15 is 0 Å². The lowest BCUT2D eigenvalue weighted by Crippen LogP contribution is -2.50. The van der Waals surface area contributed by atoms with Crippen LogP contribution in [0.5, 0.6) is 11.5 Å². The van der Waals surface area contributed by atoms with Gasteiger partial charge < -0.3 is 56.5 Å². The zero-order valence-corrected chi connectivity index (χ0v) is 38.0. The molecule has 5 aliphatic rings. The molecule has 2 aliphatic heterocycles. The van der Waals surface area contributed by atoms with Gasteiger partial charge in [-0.3, -0.25) is 0 Å². The van der Waals surface area contributed by atoms with Crippen molar-refractivity contribution in [2.75, 3.05) is 33.4 Å². The summed E-state index contributed by atoms with van der Waals surface area (Å²) in [6.45, 7) is 3.02. The number of aliphatic hydroxyl groups is 7. The maximum atomic E-state index is 11.4. The van der Waals surface area contributed by atoms with E-state index in [1.54, 1.807) is 6.07 Å². The third kappa shape index (κ3) is 12.2. The van der Waals surface area contributed by atoms with Gasteiger partial charge >= 0.3 is 0 Å². The van der Waals surface area contributed by atoms with Crippen LogP contribution < -0.4 is 21.1 Å². The van der Waals surface area contributed by atoms with E-state index in [0.717, 1.165) is 104 Å². The van der Waals surface area contributed by atoms with Gasteiger partial charge in [-0.15, -0.1) is 16.6 Å². The average molecular weight is 884 g/mol. The van der Waals surface area contributed by atoms with Crippen LogP contribution >= 0.6 is 0 Å². The number of phenolic OH excluding ortho intramolecular Hbond substituents is 1. The standard InChI is InChI=1S/C52H74N4O8/c1-32(59)27-55-46(28-54-2)51-41-10-7-8-35(41)17-20-44-43(51)26-45(56-44)48(61)31-63-50-23-33(14-21-47(50)60)12-18-40-25-38(30-58)49(64-40)11-6-4-3-5-9-39(53)24-37-16-15-36-22-34(29-57)13-19-42(36)52(37)62/h13-16,19,21-23,25-26,32,35,37,39,41,46,48-49,51-52,54-55,57-59,61-62,64H,3-12,17-18,20,24,27-31,53H2,1-2H3/p+1/t32-,35+,37-,39-,41-,46-,48-,49?,51-,52-/m0/s1.